The van der Waals surface area contributed by atoms with E-state index in [0.717, 1.165) is 10.5 Å². The van der Waals surface area contributed by atoms with Crippen LogP contribution in [0.4, 0.5) is 13.2 Å². The fourth-order valence-corrected chi connectivity index (χ4v) is 1.72. The highest BCUT2D eigenvalue weighted by molar-refractivity contribution is 9.10. The summed E-state index contributed by atoms with van der Waals surface area (Å²) in [6, 6.07) is 7.93. The van der Waals surface area contributed by atoms with Crippen molar-refractivity contribution in [3.05, 3.63) is 46.2 Å². The van der Waals surface area contributed by atoms with E-state index in [0.29, 0.717) is 11.4 Å². The van der Waals surface area contributed by atoms with Crippen LogP contribution < -0.4 is 0 Å². The molecule has 0 aliphatic rings. The number of halogens is 4. The summed E-state index contributed by atoms with van der Waals surface area (Å²) in [5, 5.41) is 3.56. The third-order valence-electron chi connectivity index (χ3n) is 2.25. The van der Waals surface area contributed by atoms with Crippen LogP contribution >= 0.6 is 15.9 Å². The largest absolute Gasteiger partial charge is 0.435 e. The molecule has 1 aromatic heterocycles. The van der Waals surface area contributed by atoms with Gasteiger partial charge in [0.2, 0.25) is 0 Å². The van der Waals surface area contributed by atoms with E-state index in [9.17, 15) is 13.2 Å². The van der Waals surface area contributed by atoms with Gasteiger partial charge in [-0.2, -0.15) is 18.3 Å². The highest BCUT2D eigenvalue weighted by Gasteiger charge is 2.34. The quantitative estimate of drug-likeness (QED) is 0.780. The van der Waals surface area contributed by atoms with Crippen LogP contribution in [0.25, 0.3) is 5.69 Å². The van der Waals surface area contributed by atoms with Crippen LogP contribution in [0.2, 0.25) is 0 Å². The summed E-state index contributed by atoms with van der Waals surface area (Å²) in [7, 11) is 0. The van der Waals surface area contributed by atoms with E-state index >= 15 is 0 Å². The number of benzene rings is 1. The van der Waals surface area contributed by atoms with Gasteiger partial charge in [0.1, 0.15) is 0 Å². The van der Waals surface area contributed by atoms with Crippen LogP contribution in [0.15, 0.2) is 34.8 Å². The SMILES string of the molecule is Cc1cc(C(F)(F)F)nn1-c1ccc(Br)cc1. The topological polar surface area (TPSA) is 17.8 Å². The lowest BCUT2D eigenvalue weighted by Gasteiger charge is -2.04. The van der Waals surface area contributed by atoms with Crippen molar-refractivity contribution < 1.29 is 13.2 Å². The molecule has 0 N–H and O–H groups in total. The number of hydrogen-bond acceptors (Lipinski definition) is 1. The van der Waals surface area contributed by atoms with Gasteiger partial charge < -0.3 is 0 Å². The number of aryl methyl sites for hydroxylation is 1. The van der Waals surface area contributed by atoms with Gasteiger partial charge in [-0.3, -0.25) is 0 Å². The minimum atomic E-state index is -4.41. The van der Waals surface area contributed by atoms with Crippen molar-refractivity contribution in [2.75, 3.05) is 0 Å². The van der Waals surface area contributed by atoms with Gasteiger partial charge in [-0.05, 0) is 37.3 Å². The first-order chi connectivity index (χ1) is 7.88. The lowest BCUT2D eigenvalue weighted by Crippen LogP contribution is -2.07. The van der Waals surface area contributed by atoms with Crippen LogP contribution in [-0.2, 0) is 6.18 Å². The molecule has 2 nitrogen and oxygen atoms in total. The second kappa shape index (κ2) is 4.18. The lowest BCUT2D eigenvalue weighted by atomic mass is 10.3. The molecule has 0 spiro atoms. The predicted molar refractivity (Wildman–Crippen MR) is 61.0 cm³/mol. The zero-order chi connectivity index (χ0) is 12.6. The maximum absolute atomic E-state index is 12.5. The Morgan fingerprint density at radius 1 is 1.18 bits per heavy atom. The van der Waals surface area contributed by atoms with Crippen molar-refractivity contribution in [1.82, 2.24) is 9.78 Å². The van der Waals surface area contributed by atoms with Crippen molar-refractivity contribution >= 4 is 15.9 Å². The van der Waals surface area contributed by atoms with E-state index in [1.165, 1.54) is 4.68 Å². The third kappa shape index (κ3) is 2.52. The fraction of sp³-hybridized carbons (Fsp3) is 0.182. The van der Waals surface area contributed by atoms with Gasteiger partial charge in [0.15, 0.2) is 5.69 Å². The standard InChI is InChI=1S/C11H8BrF3N2/c1-7-6-10(11(13,14)15)16-17(7)9-4-2-8(12)3-5-9/h2-6H,1H3. The summed E-state index contributed by atoms with van der Waals surface area (Å²) < 4.78 is 39.6. The molecule has 0 aliphatic carbocycles. The van der Waals surface area contributed by atoms with Crippen molar-refractivity contribution in [2.24, 2.45) is 0 Å². The Hall–Kier alpha value is -1.30. The Morgan fingerprint density at radius 2 is 1.76 bits per heavy atom. The molecule has 1 heterocycles. The molecule has 0 fully saturated rings. The molecule has 90 valence electrons. The summed E-state index contributed by atoms with van der Waals surface area (Å²) in [5.74, 6) is 0. The molecule has 2 aromatic rings. The van der Waals surface area contributed by atoms with Crippen LogP contribution in [0.5, 0.6) is 0 Å². The molecular formula is C11H8BrF3N2. The summed E-state index contributed by atoms with van der Waals surface area (Å²) in [6.07, 6.45) is -4.41. The van der Waals surface area contributed by atoms with Crippen molar-refractivity contribution in [2.45, 2.75) is 13.1 Å². The first kappa shape index (κ1) is 12.2. The predicted octanol–water partition coefficient (Wildman–Crippen LogP) is 3.96. The van der Waals surface area contributed by atoms with E-state index in [1.54, 1.807) is 31.2 Å². The molecule has 2 rings (SSSR count). The van der Waals surface area contributed by atoms with Crippen LogP contribution in [0, 0.1) is 6.92 Å². The molecule has 17 heavy (non-hydrogen) atoms. The van der Waals surface area contributed by atoms with Gasteiger partial charge in [-0.1, -0.05) is 15.9 Å². The molecule has 1 aromatic carbocycles. The summed E-state index contributed by atoms with van der Waals surface area (Å²) in [6.45, 7) is 1.59. The van der Waals surface area contributed by atoms with Gasteiger partial charge in [0.05, 0.1) is 5.69 Å². The lowest BCUT2D eigenvalue weighted by molar-refractivity contribution is -0.141. The van der Waals surface area contributed by atoms with Gasteiger partial charge in [0.25, 0.3) is 0 Å². The Kier molecular flexibility index (Phi) is 2.99. The van der Waals surface area contributed by atoms with Crippen LogP contribution in [0.3, 0.4) is 0 Å². The molecular weight excluding hydrogens is 297 g/mol. The maximum Gasteiger partial charge on any atom is 0.435 e. The molecule has 0 bridgehead atoms. The van der Waals surface area contributed by atoms with Gasteiger partial charge in [-0.25, -0.2) is 4.68 Å². The monoisotopic (exact) mass is 304 g/mol. The average Bonchev–Trinajstić information content (AvgIpc) is 2.61. The normalized spacial score (nSPS) is 11.8. The number of nitrogens with zero attached hydrogens (tertiary/aromatic N) is 2. The second-order valence-corrected chi connectivity index (χ2v) is 4.47. The average molecular weight is 305 g/mol. The Balaban J connectivity index is 2.46. The summed E-state index contributed by atoms with van der Waals surface area (Å²) in [5.41, 5.74) is 0.166. The third-order valence-corrected chi connectivity index (χ3v) is 2.78. The van der Waals surface area contributed by atoms with Crippen molar-refractivity contribution in [1.29, 1.82) is 0 Å². The zero-order valence-corrected chi connectivity index (χ0v) is 10.4. The maximum atomic E-state index is 12.5. The molecule has 0 saturated carbocycles. The van der Waals surface area contributed by atoms with Crippen LogP contribution in [-0.4, -0.2) is 9.78 Å². The first-order valence-corrected chi connectivity index (χ1v) is 5.57. The second-order valence-electron chi connectivity index (χ2n) is 3.56. The molecule has 0 radical (unpaired) electrons. The number of alkyl halides is 3. The summed E-state index contributed by atoms with van der Waals surface area (Å²) >= 11 is 3.26. The summed E-state index contributed by atoms with van der Waals surface area (Å²) in [4.78, 5) is 0. The number of rotatable bonds is 1. The van der Waals surface area contributed by atoms with E-state index in [4.69, 9.17) is 0 Å². The Labute approximate surface area is 104 Å². The van der Waals surface area contributed by atoms with E-state index in [2.05, 4.69) is 21.0 Å². The van der Waals surface area contributed by atoms with Gasteiger partial charge in [0, 0.05) is 10.2 Å². The Bertz CT molecular complexity index is 529. The highest BCUT2D eigenvalue weighted by atomic mass is 79.9. The number of hydrogen-bond donors (Lipinski definition) is 0. The number of aromatic nitrogens is 2. The van der Waals surface area contributed by atoms with Crippen molar-refractivity contribution in [3.8, 4) is 5.69 Å². The van der Waals surface area contributed by atoms with Gasteiger partial charge >= 0.3 is 6.18 Å². The molecule has 0 atom stereocenters. The first-order valence-electron chi connectivity index (χ1n) is 4.78. The zero-order valence-electron chi connectivity index (χ0n) is 8.79. The molecule has 0 aliphatic heterocycles. The molecule has 0 unspecified atom stereocenters. The smallest absolute Gasteiger partial charge is 0.238 e. The Morgan fingerprint density at radius 3 is 2.24 bits per heavy atom. The van der Waals surface area contributed by atoms with Gasteiger partial charge in [-0.15, -0.1) is 0 Å². The minimum absolute atomic E-state index is 0.444. The van der Waals surface area contributed by atoms with E-state index in [1.807, 2.05) is 0 Å². The molecule has 6 heteroatoms. The van der Waals surface area contributed by atoms with E-state index in [-0.39, 0.29) is 0 Å². The molecule has 0 saturated heterocycles. The fourth-order valence-electron chi connectivity index (χ4n) is 1.46. The van der Waals surface area contributed by atoms with Crippen LogP contribution in [0.1, 0.15) is 11.4 Å². The molecule has 0 amide bonds. The van der Waals surface area contributed by atoms with E-state index < -0.39 is 11.9 Å². The highest BCUT2D eigenvalue weighted by Crippen LogP contribution is 2.29. The minimum Gasteiger partial charge on any atom is -0.238 e. The van der Waals surface area contributed by atoms with Crippen molar-refractivity contribution in [3.63, 3.8) is 0 Å².